The predicted molar refractivity (Wildman–Crippen MR) is 95.4 cm³/mol. The van der Waals surface area contributed by atoms with Crippen molar-refractivity contribution in [2.45, 2.75) is 25.5 Å². The van der Waals surface area contributed by atoms with Crippen molar-refractivity contribution in [2.75, 3.05) is 12.4 Å². The Bertz CT molecular complexity index is 894. The number of hydrogen-bond donors (Lipinski definition) is 3. The van der Waals surface area contributed by atoms with Gasteiger partial charge < -0.3 is 15.4 Å². The lowest BCUT2D eigenvalue weighted by molar-refractivity contribution is -0.149. The molecule has 1 aromatic rings. The van der Waals surface area contributed by atoms with Gasteiger partial charge in [-0.15, -0.1) is 0 Å². The van der Waals surface area contributed by atoms with Crippen LogP contribution in [-0.2, 0) is 30.5 Å². The minimum atomic E-state index is -1.01. The number of ether oxygens (including phenoxy) is 1. The van der Waals surface area contributed by atoms with E-state index in [-0.39, 0.29) is 25.1 Å². The number of hydrogen-bond acceptors (Lipinski definition) is 7. The largest absolute Gasteiger partial charge is 0.445 e. The molecule has 1 saturated heterocycles. The van der Waals surface area contributed by atoms with Crippen molar-refractivity contribution in [3.05, 3.63) is 41.6 Å². The van der Waals surface area contributed by atoms with E-state index in [2.05, 4.69) is 16.0 Å². The predicted octanol–water partition coefficient (Wildman–Crippen LogP) is 0.0124. The summed E-state index contributed by atoms with van der Waals surface area (Å²) >= 11 is 0. The van der Waals surface area contributed by atoms with Crippen molar-refractivity contribution >= 4 is 35.4 Å². The lowest BCUT2D eigenvalue weighted by Gasteiger charge is -2.28. The Balaban J connectivity index is 1.68. The highest BCUT2D eigenvalue weighted by atomic mass is 16.5. The number of imide groups is 2. The molecule has 1 atom stereocenters. The normalized spacial score (nSPS) is 19.2. The van der Waals surface area contributed by atoms with Crippen molar-refractivity contribution in [3.8, 4) is 0 Å². The molecule has 28 heavy (non-hydrogen) atoms. The smallest absolute Gasteiger partial charge is 0.407 e. The second-order valence-electron chi connectivity index (χ2n) is 6.19. The Morgan fingerprint density at radius 1 is 1.29 bits per heavy atom. The van der Waals surface area contributed by atoms with Gasteiger partial charge in [0, 0.05) is 25.2 Å². The number of benzene rings is 1. The SMILES string of the molecule is CNC(=O)OCc1cccc(NC2=CC(=O)N(C3CCC(=O)NC3=O)C2=O)c1. The van der Waals surface area contributed by atoms with Gasteiger partial charge >= 0.3 is 6.09 Å². The average molecular weight is 386 g/mol. The molecule has 0 aliphatic carbocycles. The van der Waals surface area contributed by atoms with E-state index in [0.29, 0.717) is 11.3 Å². The zero-order valence-corrected chi connectivity index (χ0v) is 15.0. The first-order valence-electron chi connectivity index (χ1n) is 8.52. The molecule has 0 spiro atoms. The van der Waals surface area contributed by atoms with Crippen LogP contribution < -0.4 is 16.0 Å². The molecule has 10 heteroatoms. The topological polar surface area (TPSA) is 134 Å². The molecule has 3 rings (SSSR count). The number of nitrogens with one attached hydrogen (secondary N) is 3. The zero-order valence-electron chi connectivity index (χ0n) is 15.0. The average Bonchev–Trinajstić information content (AvgIpc) is 2.94. The fourth-order valence-electron chi connectivity index (χ4n) is 2.91. The fraction of sp³-hybridized carbons (Fsp3) is 0.278. The summed E-state index contributed by atoms with van der Waals surface area (Å²) in [6.45, 7) is 0.0313. The molecule has 2 aliphatic heterocycles. The molecule has 146 valence electrons. The first-order valence-corrected chi connectivity index (χ1v) is 8.52. The van der Waals surface area contributed by atoms with Crippen LogP contribution in [0, 0.1) is 0 Å². The van der Waals surface area contributed by atoms with Crippen LogP contribution in [0.25, 0.3) is 0 Å². The second-order valence-corrected chi connectivity index (χ2v) is 6.19. The molecule has 10 nitrogen and oxygen atoms in total. The van der Waals surface area contributed by atoms with Crippen molar-refractivity contribution < 1.29 is 28.7 Å². The minimum absolute atomic E-state index is 0.0130. The fourth-order valence-corrected chi connectivity index (χ4v) is 2.91. The van der Waals surface area contributed by atoms with Gasteiger partial charge in [0.05, 0.1) is 0 Å². The van der Waals surface area contributed by atoms with E-state index in [1.54, 1.807) is 24.3 Å². The van der Waals surface area contributed by atoms with Gasteiger partial charge in [0.2, 0.25) is 11.8 Å². The van der Waals surface area contributed by atoms with Gasteiger partial charge in [0.25, 0.3) is 11.8 Å². The number of carbonyl (C=O) groups excluding carboxylic acids is 5. The van der Waals surface area contributed by atoms with Crippen LogP contribution in [0.3, 0.4) is 0 Å². The van der Waals surface area contributed by atoms with Crippen molar-refractivity contribution in [2.24, 2.45) is 0 Å². The number of piperidine rings is 1. The van der Waals surface area contributed by atoms with Gasteiger partial charge in [-0.25, -0.2) is 4.79 Å². The van der Waals surface area contributed by atoms with Crippen LogP contribution in [0.5, 0.6) is 0 Å². The Labute approximate surface area is 159 Å². The summed E-state index contributed by atoms with van der Waals surface area (Å²) in [4.78, 5) is 60.1. The standard InChI is InChI=1S/C18H18N4O6/c1-19-18(27)28-9-10-3-2-4-11(7-10)20-12-8-15(24)22(17(12)26)13-5-6-14(23)21-16(13)25/h2-4,7-8,13,20H,5-6,9H2,1H3,(H,19,27)(H,21,23,25). The van der Waals surface area contributed by atoms with Crippen LogP contribution in [0.4, 0.5) is 10.5 Å². The van der Waals surface area contributed by atoms with Gasteiger partial charge in [-0.1, -0.05) is 12.1 Å². The number of nitrogens with zero attached hydrogens (tertiary/aromatic N) is 1. The van der Waals surface area contributed by atoms with E-state index in [1.165, 1.54) is 7.05 Å². The molecule has 0 saturated carbocycles. The Morgan fingerprint density at radius 3 is 2.79 bits per heavy atom. The third-order valence-electron chi connectivity index (χ3n) is 4.26. The Kier molecular flexibility index (Phi) is 5.39. The maximum atomic E-state index is 12.6. The molecule has 5 amide bonds. The van der Waals surface area contributed by atoms with E-state index < -0.39 is 35.8 Å². The summed E-state index contributed by atoms with van der Waals surface area (Å²) in [5, 5.41) is 7.32. The zero-order chi connectivity index (χ0) is 20.3. The first kappa shape index (κ1) is 19.1. The number of anilines is 1. The molecule has 0 bridgehead atoms. The van der Waals surface area contributed by atoms with Gasteiger partial charge in [-0.2, -0.15) is 0 Å². The van der Waals surface area contributed by atoms with E-state index in [1.807, 2.05) is 0 Å². The van der Waals surface area contributed by atoms with Crippen LogP contribution in [0.15, 0.2) is 36.0 Å². The second kappa shape index (κ2) is 7.91. The summed E-state index contributed by atoms with van der Waals surface area (Å²) in [5.41, 5.74) is 1.20. The van der Waals surface area contributed by atoms with Crippen molar-refractivity contribution in [3.63, 3.8) is 0 Å². The molecular formula is C18H18N4O6. The molecule has 2 aliphatic rings. The summed E-state index contributed by atoms with van der Waals surface area (Å²) in [6.07, 6.45) is 0.691. The van der Waals surface area contributed by atoms with E-state index in [0.717, 1.165) is 11.0 Å². The number of amides is 5. The lowest BCUT2D eigenvalue weighted by atomic mass is 10.0. The summed E-state index contributed by atoms with van der Waals surface area (Å²) in [7, 11) is 1.45. The van der Waals surface area contributed by atoms with Gasteiger partial charge in [0.1, 0.15) is 18.3 Å². The molecule has 3 N–H and O–H groups in total. The third kappa shape index (κ3) is 4.00. The number of carbonyl (C=O) groups is 5. The number of alkyl carbamates (subject to hydrolysis) is 1. The highest BCUT2D eigenvalue weighted by molar-refractivity contribution is 6.20. The molecule has 0 radical (unpaired) electrons. The van der Waals surface area contributed by atoms with Crippen LogP contribution in [0.1, 0.15) is 18.4 Å². The van der Waals surface area contributed by atoms with Crippen LogP contribution in [-0.4, -0.2) is 47.7 Å². The van der Waals surface area contributed by atoms with E-state index in [4.69, 9.17) is 4.74 Å². The van der Waals surface area contributed by atoms with Crippen LogP contribution in [0.2, 0.25) is 0 Å². The molecular weight excluding hydrogens is 368 g/mol. The maximum Gasteiger partial charge on any atom is 0.407 e. The van der Waals surface area contributed by atoms with E-state index in [9.17, 15) is 24.0 Å². The molecule has 1 fully saturated rings. The van der Waals surface area contributed by atoms with Gasteiger partial charge in [-0.3, -0.25) is 29.4 Å². The third-order valence-corrected chi connectivity index (χ3v) is 4.26. The van der Waals surface area contributed by atoms with E-state index >= 15 is 0 Å². The van der Waals surface area contributed by atoms with Gasteiger partial charge in [-0.05, 0) is 24.1 Å². The summed E-state index contributed by atoms with van der Waals surface area (Å²) < 4.78 is 4.96. The highest BCUT2D eigenvalue weighted by Crippen LogP contribution is 2.23. The highest BCUT2D eigenvalue weighted by Gasteiger charge is 2.42. The Hall–Kier alpha value is -3.69. The van der Waals surface area contributed by atoms with Gasteiger partial charge in [0.15, 0.2) is 0 Å². The summed E-state index contributed by atoms with van der Waals surface area (Å²) in [5.74, 6) is -2.36. The van der Waals surface area contributed by atoms with Crippen LogP contribution >= 0.6 is 0 Å². The number of rotatable bonds is 5. The minimum Gasteiger partial charge on any atom is -0.445 e. The molecule has 2 heterocycles. The lowest BCUT2D eigenvalue weighted by Crippen LogP contribution is -2.54. The Morgan fingerprint density at radius 2 is 2.07 bits per heavy atom. The summed E-state index contributed by atoms with van der Waals surface area (Å²) in [6, 6.07) is 5.76. The van der Waals surface area contributed by atoms with Crippen molar-refractivity contribution in [1.29, 1.82) is 0 Å². The molecule has 1 aromatic carbocycles. The molecule has 1 unspecified atom stereocenters. The maximum absolute atomic E-state index is 12.6. The monoisotopic (exact) mass is 386 g/mol. The van der Waals surface area contributed by atoms with Crippen molar-refractivity contribution in [1.82, 2.24) is 15.5 Å². The quantitative estimate of drug-likeness (QED) is 0.607. The first-order chi connectivity index (χ1) is 13.4. The molecule has 0 aromatic heterocycles.